The summed E-state index contributed by atoms with van der Waals surface area (Å²) in [5.74, 6) is 0. The van der Waals surface area contributed by atoms with Gasteiger partial charge in [-0.2, -0.15) is 0 Å². The molecule has 2 aromatic rings. The fourth-order valence-electron chi connectivity index (χ4n) is 3.17. The average Bonchev–Trinajstić information content (AvgIpc) is 2.64. The lowest BCUT2D eigenvalue weighted by Gasteiger charge is -2.28. The molecule has 1 fully saturated rings. The van der Waals surface area contributed by atoms with Crippen LogP contribution >= 0.6 is 0 Å². The van der Waals surface area contributed by atoms with Crippen LogP contribution in [0.15, 0.2) is 54.6 Å². The first-order chi connectivity index (χ1) is 11.4. The summed E-state index contributed by atoms with van der Waals surface area (Å²) in [5, 5.41) is 0. The van der Waals surface area contributed by atoms with E-state index in [1.165, 1.54) is 48.9 Å². The largest absolute Gasteiger partial charge is 0.378 e. The van der Waals surface area contributed by atoms with Gasteiger partial charge in [-0.25, -0.2) is 0 Å². The van der Waals surface area contributed by atoms with Crippen molar-refractivity contribution in [1.29, 1.82) is 0 Å². The Morgan fingerprint density at radius 3 is 1.96 bits per heavy atom. The van der Waals surface area contributed by atoms with Crippen LogP contribution in [0.3, 0.4) is 0 Å². The van der Waals surface area contributed by atoms with Crippen LogP contribution in [-0.2, 0) is 17.6 Å². The van der Waals surface area contributed by atoms with Crippen molar-refractivity contribution in [2.75, 3.05) is 31.2 Å². The number of hydrogen-bond acceptors (Lipinski definition) is 2. The van der Waals surface area contributed by atoms with E-state index >= 15 is 0 Å². The molecular formula is C21H27NO. The Morgan fingerprint density at radius 2 is 1.30 bits per heavy atom. The molecule has 1 heterocycles. The summed E-state index contributed by atoms with van der Waals surface area (Å²) in [7, 11) is 0. The number of hydrogen-bond donors (Lipinski definition) is 0. The Hall–Kier alpha value is -1.80. The van der Waals surface area contributed by atoms with Gasteiger partial charge in [0.1, 0.15) is 0 Å². The van der Waals surface area contributed by atoms with Crippen molar-refractivity contribution >= 4 is 5.69 Å². The zero-order valence-electron chi connectivity index (χ0n) is 13.9. The van der Waals surface area contributed by atoms with E-state index in [-0.39, 0.29) is 0 Å². The van der Waals surface area contributed by atoms with E-state index in [0.29, 0.717) is 0 Å². The van der Waals surface area contributed by atoms with Crippen LogP contribution in [0, 0.1) is 0 Å². The number of rotatable bonds is 7. The first kappa shape index (κ1) is 16.1. The van der Waals surface area contributed by atoms with Gasteiger partial charge in [-0.15, -0.1) is 0 Å². The predicted molar refractivity (Wildman–Crippen MR) is 97.2 cm³/mol. The minimum absolute atomic E-state index is 0.850. The third-order valence-corrected chi connectivity index (χ3v) is 4.59. The van der Waals surface area contributed by atoms with Gasteiger partial charge in [0.15, 0.2) is 0 Å². The van der Waals surface area contributed by atoms with E-state index in [1.807, 2.05) is 0 Å². The highest BCUT2D eigenvalue weighted by Crippen LogP contribution is 2.18. The van der Waals surface area contributed by atoms with Crippen molar-refractivity contribution < 1.29 is 4.74 Å². The molecule has 3 rings (SSSR count). The number of benzene rings is 2. The van der Waals surface area contributed by atoms with Gasteiger partial charge in [0.2, 0.25) is 0 Å². The molecule has 0 aromatic heterocycles. The fraction of sp³-hybridized carbons (Fsp3) is 0.429. The van der Waals surface area contributed by atoms with Crippen molar-refractivity contribution in [3.05, 3.63) is 65.7 Å². The molecular weight excluding hydrogens is 282 g/mol. The lowest BCUT2D eigenvalue weighted by atomic mass is 10.0. The maximum absolute atomic E-state index is 5.41. The minimum atomic E-state index is 0.850. The lowest BCUT2D eigenvalue weighted by molar-refractivity contribution is 0.122. The molecule has 1 saturated heterocycles. The Labute approximate surface area is 140 Å². The zero-order valence-corrected chi connectivity index (χ0v) is 13.9. The molecule has 0 atom stereocenters. The molecule has 0 radical (unpaired) electrons. The highest BCUT2D eigenvalue weighted by molar-refractivity contribution is 5.47. The van der Waals surface area contributed by atoms with Crippen LogP contribution in [0.4, 0.5) is 5.69 Å². The molecule has 1 aliphatic heterocycles. The first-order valence-corrected chi connectivity index (χ1v) is 8.87. The third kappa shape index (κ3) is 5.11. The molecule has 2 heteroatoms. The summed E-state index contributed by atoms with van der Waals surface area (Å²) >= 11 is 0. The van der Waals surface area contributed by atoms with Gasteiger partial charge in [-0.1, -0.05) is 48.9 Å². The highest BCUT2D eigenvalue weighted by Gasteiger charge is 2.10. The number of ether oxygens (including phenoxy) is 1. The van der Waals surface area contributed by atoms with Gasteiger partial charge >= 0.3 is 0 Å². The Balaban J connectivity index is 1.37. The van der Waals surface area contributed by atoms with E-state index < -0.39 is 0 Å². The standard InChI is InChI=1S/C21H27NO/c1-3-7-19(8-4-1)9-5-2-6-10-20-11-13-21(14-12-20)22-15-17-23-18-16-22/h1,3-4,7-8,11-14H,2,5-6,9-10,15-18H2. The Kier molecular flexibility index (Phi) is 6.10. The normalized spacial score (nSPS) is 14.9. The molecule has 2 aromatic carbocycles. The topological polar surface area (TPSA) is 12.5 Å². The van der Waals surface area contributed by atoms with Crippen LogP contribution in [0.2, 0.25) is 0 Å². The molecule has 0 amide bonds. The summed E-state index contributed by atoms with van der Waals surface area (Å²) in [6.45, 7) is 3.73. The molecule has 23 heavy (non-hydrogen) atoms. The number of unbranched alkanes of at least 4 members (excludes halogenated alkanes) is 2. The second-order valence-corrected chi connectivity index (χ2v) is 6.31. The van der Waals surface area contributed by atoms with Crippen molar-refractivity contribution in [2.45, 2.75) is 32.1 Å². The average molecular weight is 309 g/mol. The minimum Gasteiger partial charge on any atom is -0.378 e. The lowest BCUT2D eigenvalue weighted by Crippen LogP contribution is -2.36. The van der Waals surface area contributed by atoms with Crippen molar-refractivity contribution in [3.63, 3.8) is 0 Å². The number of morpholine rings is 1. The van der Waals surface area contributed by atoms with Gasteiger partial charge in [-0.3, -0.25) is 0 Å². The predicted octanol–water partition coefficient (Wildman–Crippen LogP) is 4.48. The van der Waals surface area contributed by atoms with Gasteiger partial charge in [0.05, 0.1) is 13.2 Å². The molecule has 1 aliphatic rings. The molecule has 0 aliphatic carbocycles. The van der Waals surface area contributed by atoms with Gasteiger partial charge in [-0.05, 0) is 48.9 Å². The summed E-state index contributed by atoms with van der Waals surface area (Å²) < 4.78 is 5.41. The first-order valence-electron chi connectivity index (χ1n) is 8.87. The molecule has 2 nitrogen and oxygen atoms in total. The van der Waals surface area contributed by atoms with Crippen LogP contribution < -0.4 is 4.90 Å². The van der Waals surface area contributed by atoms with Crippen LogP contribution in [-0.4, -0.2) is 26.3 Å². The third-order valence-electron chi connectivity index (χ3n) is 4.59. The Bertz CT molecular complexity index is 558. The summed E-state index contributed by atoms with van der Waals surface area (Å²) in [6.07, 6.45) is 6.27. The van der Waals surface area contributed by atoms with Gasteiger partial charge in [0.25, 0.3) is 0 Å². The van der Waals surface area contributed by atoms with E-state index in [0.717, 1.165) is 26.3 Å². The Morgan fingerprint density at radius 1 is 0.696 bits per heavy atom. The van der Waals surface area contributed by atoms with Gasteiger partial charge < -0.3 is 9.64 Å². The van der Waals surface area contributed by atoms with E-state index in [2.05, 4.69) is 59.5 Å². The zero-order chi connectivity index (χ0) is 15.7. The second-order valence-electron chi connectivity index (χ2n) is 6.31. The van der Waals surface area contributed by atoms with Crippen LogP contribution in [0.25, 0.3) is 0 Å². The molecule has 0 bridgehead atoms. The maximum Gasteiger partial charge on any atom is 0.0642 e. The number of anilines is 1. The molecule has 0 N–H and O–H groups in total. The van der Waals surface area contributed by atoms with Crippen LogP contribution in [0.5, 0.6) is 0 Å². The van der Waals surface area contributed by atoms with E-state index in [4.69, 9.17) is 4.74 Å². The van der Waals surface area contributed by atoms with E-state index in [1.54, 1.807) is 0 Å². The maximum atomic E-state index is 5.41. The number of aryl methyl sites for hydroxylation is 2. The molecule has 0 saturated carbocycles. The molecule has 0 unspecified atom stereocenters. The van der Waals surface area contributed by atoms with Gasteiger partial charge in [0, 0.05) is 18.8 Å². The highest BCUT2D eigenvalue weighted by atomic mass is 16.5. The summed E-state index contributed by atoms with van der Waals surface area (Å²) in [5.41, 5.74) is 4.25. The van der Waals surface area contributed by atoms with Crippen molar-refractivity contribution in [3.8, 4) is 0 Å². The second kappa shape index (κ2) is 8.73. The smallest absolute Gasteiger partial charge is 0.0642 e. The summed E-state index contributed by atoms with van der Waals surface area (Å²) in [6, 6.07) is 19.9. The van der Waals surface area contributed by atoms with Crippen molar-refractivity contribution in [1.82, 2.24) is 0 Å². The van der Waals surface area contributed by atoms with Crippen LogP contribution in [0.1, 0.15) is 30.4 Å². The molecule has 122 valence electrons. The number of nitrogens with zero attached hydrogens (tertiary/aromatic N) is 1. The van der Waals surface area contributed by atoms with Crippen molar-refractivity contribution in [2.24, 2.45) is 0 Å². The fourth-order valence-corrected chi connectivity index (χ4v) is 3.17. The SMILES string of the molecule is c1ccc(CCCCCc2ccc(N3CCOCC3)cc2)cc1. The quantitative estimate of drug-likeness (QED) is 0.699. The summed E-state index contributed by atoms with van der Waals surface area (Å²) in [4.78, 5) is 2.41. The molecule has 0 spiro atoms. The monoisotopic (exact) mass is 309 g/mol. The van der Waals surface area contributed by atoms with E-state index in [9.17, 15) is 0 Å².